The lowest BCUT2D eigenvalue weighted by molar-refractivity contribution is 0.429. The van der Waals surface area contributed by atoms with Crippen LogP contribution in [0, 0.1) is 6.92 Å². The normalized spacial score (nSPS) is 11.4. The molecule has 0 aliphatic heterocycles. The summed E-state index contributed by atoms with van der Waals surface area (Å²) in [6, 6.07) is 4.07. The van der Waals surface area contributed by atoms with Crippen LogP contribution in [0.15, 0.2) is 32.1 Å². The summed E-state index contributed by atoms with van der Waals surface area (Å²) in [6.07, 6.45) is 0. The number of halogens is 1. The van der Waals surface area contributed by atoms with Crippen LogP contribution >= 0.6 is 15.9 Å². The third-order valence-corrected chi connectivity index (χ3v) is 4.04. The van der Waals surface area contributed by atoms with Gasteiger partial charge in [-0.2, -0.15) is 4.98 Å². The van der Waals surface area contributed by atoms with Crippen molar-refractivity contribution in [3.05, 3.63) is 28.5 Å². The van der Waals surface area contributed by atoms with Crippen molar-refractivity contribution in [3.63, 3.8) is 0 Å². The number of aromatic nitrogens is 2. The minimum Gasteiger partial charge on any atom is -0.398 e. The summed E-state index contributed by atoms with van der Waals surface area (Å²) in [4.78, 5) is 3.80. The number of nitrogen functional groups attached to an aromatic ring is 1. The molecule has 0 aliphatic carbocycles. The Morgan fingerprint density at radius 1 is 1.44 bits per heavy atom. The Hall–Kier alpha value is -1.61. The molecule has 18 heavy (non-hydrogen) atoms. The van der Waals surface area contributed by atoms with Crippen LogP contribution in [0.5, 0.6) is 0 Å². The van der Waals surface area contributed by atoms with E-state index in [-0.39, 0.29) is 10.9 Å². The first-order valence-corrected chi connectivity index (χ1v) is 7.04. The predicted molar refractivity (Wildman–Crippen MR) is 68.4 cm³/mol. The van der Waals surface area contributed by atoms with Crippen molar-refractivity contribution in [2.45, 2.75) is 11.8 Å². The van der Waals surface area contributed by atoms with Crippen molar-refractivity contribution in [1.82, 2.24) is 10.1 Å². The number of sulfonamides is 1. The first kappa shape index (κ1) is 12.8. The fourth-order valence-corrected chi connectivity index (χ4v) is 2.67. The molecule has 0 atom stereocenters. The van der Waals surface area contributed by atoms with Gasteiger partial charge in [-0.15, -0.1) is 0 Å². The van der Waals surface area contributed by atoms with E-state index in [9.17, 15) is 8.42 Å². The van der Waals surface area contributed by atoms with Gasteiger partial charge in [0.25, 0.3) is 10.0 Å². The Morgan fingerprint density at radius 2 is 2.17 bits per heavy atom. The Labute approximate surface area is 112 Å². The van der Waals surface area contributed by atoms with Gasteiger partial charge in [0.2, 0.25) is 0 Å². The molecule has 1 aromatic carbocycles. The van der Waals surface area contributed by atoms with Gasteiger partial charge in [0.15, 0.2) is 5.82 Å². The van der Waals surface area contributed by atoms with E-state index in [1.807, 2.05) is 0 Å². The molecule has 0 radical (unpaired) electrons. The van der Waals surface area contributed by atoms with Gasteiger partial charge in [-0.05, 0) is 41.1 Å². The lowest BCUT2D eigenvalue weighted by Gasteiger charge is -2.05. The SMILES string of the molecule is Cc1noc(NS(=O)(=O)c2ccc(N)c(Br)c2)n1. The highest BCUT2D eigenvalue weighted by Crippen LogP contribution is 2.24. The molecular weight excluding hydrogens is 324 g/mol. The van der Waals surface area contributed by atoms with Gasteiger partial charge in [0.1, 0.15) is 0 Å². The summed E-state index contributed by atoms with van der Waals surface area (Å²) in [5.74, 6) is 0.339. The fourth-order valence-electron chi connectivity index (χ4n) is 1.19. The molecular formula is C9H9BrN4O3S. The molecule has 3 N–H and O–H groups in total. The molecule has 0 saturated heterocycles. The predicted octanol–water partition coefficient (Wildman–Crippen LogP) is 1.52. The average Bonchev–Trinajstić information content (AvgIpc) is 2.67. The number of anilines is 2. The van der Waals surface area contributed by atoms with E-state index in [0.717, 1.165) is 0 Å². The fraction of sp³-hybridized carbons (Fsp3) is 0.111. The van der Waals surface area contributed by atoms with Crippen molar-refractivity contribution in [2.75, 3.05) is 10.5 Å². The number of rotatable bonds is 3. The molecule has 1 heterocycles. The van der Waals surface area contributed by atoms with E-state index in [1.165, 1.54) is 18.2 Å². The van der Waals surface area contributed by atoms with Crippen LogP contribution in [-0.2, 0) is 10.0 Å². The molecule has 0 unspecified atom stereocenters. The number of nitrogens with one attached hydrogen (secondary N) is 1. The second-order valence-electron chi connectivity index (χ2n) is 3.44. The second kappa shape index (κ2) is 4.58. The molecule has 0 spiro atoms. The third kappa shape index (κ3) is 2.62. The number of nitrogens with zero attached hydrogens (tertiary/aromatic N) is 2. The molecule has 0 bridgehead atoms. The zero-order chi connectivity index (χ0) is 13.3. The monoisotopic (exact) mass is 332 g/mol. The molecule has 0 amide bonds. The van der Waals surface area contributed by atoms with Crippen molar-refractivity contribution in [3.8, 4) is 0 Å². The van der Waals surface area contributed by atoms with Gasteiger partial charge in [0, 0.05) is 10.2 Å². The minimum atomic E-state index is -3.77. The van der Waals surface area contributed by atoms with E-state index in [2.05, 4.69) is 35.3 Å². The van der Waals surface area contributed by atoms with Gasteiger partial charge < -0.3 is 10.3 Å². The zero-order valence-electron chi connectivity index (χ0n) is 9.21. The first-order valence-electron chi connectivity index (χ1n) is 4.76. The topological polar surface area (TPSA) is 111 Å². The van der Waals surface area contributed by atoms with Gasteiger partial charge in [-0.1, -0.05) is 5.16 Å². The molecule has 0 aliphatic rings. The maximum atomic E-state index is 12.0. The maximum absolute atomic E-state index is 12.0. The quantitative estimate of drug-likeness (QED) is 0.824. The van der Waals surface area contributed by atoms with E-state index in [4.69, 9.17) is 5.73 Å². The number of aryl methyl sites for hydroxylation is 1. The van der Waals surface area contributed by atoms with Gasteiger partial charge in [-0.25, -0.2) is 13.1 Å². The molecule has 2 rings (SSSR count). The van der Waals surface area contributed by atoms with Crippen molar-refractivity contribution < 1.29 is 12.9 Å². The largest absolute Gasteiger partial charge is 0.398 e. The van der Waals surface area contributed by atoms with Crippen LogP contribution in [0.25, 0.3) is 0 Å². The molecule has 96 valence electrons. The first-order chi connectivity index (χ1) is 8.38. The summed E-state index contributed by atoms with van der Waals surface area (Å²) < 4.78 is 31.3. The van der Waals surface area contributed by atoms with Crippen molar-refractivity contribution >= 4 is 37.7 Å². The zero-order valence-corrected chi connectivity index (χ0v) is 11.6. The minimum absolute atomic E-state index is 0.0411. The highest BCUT2D eigenvalue weighted by atomic mass is 79.9. The summed E-state index contributed by atoms with van der Waals surface area (Å²) in [7, 11) is -3.77. The number of nitrogens with two attached hydrogens (primary N) is 1. The number of hydrogen-bond acceptors (Lipinski definition) is 6. The Kier molecular flexibility index (Phi) is 3.26. The summed E-state index contributed by atoms with van der Waals surface area (Å²) in [6.45, 7) is 1.58. The Bertz CT molecular complexity index is 683. The smallest absolute Gasteiger partial charge is 0.335 e. The molecule has 0 fully saturated rings. The number of hydrogen-bond donors (Lipinski definition) is 2. The average molecular weight is 333 g/mol. The summed E-state index contributed by atoms with van der Waals surface area (Å²) in [5, 5.41) is 3.48. The van der Waals surface area contributed by atoms with E-state index >= 15 is 0 Å². The van der Waals surface area contributed by atoms with Crippen LogP contribution in [0.3, 0.4) is 0 Å². The van der Waals surface area contributed by atoms with Crippen LogP contribution in [-0.4, -0.2) is 18.6 Å². The lowest BCUT2D eigenvalue weighted by atomic mass is 10.3. The van der Waals surface area contributed by atoms with Gasteiger partial charge in [-0.3, -0.25) is 0 Å². The number of benzene rings is 1. The summed E-state index contributed by atoms with van der Waals surface area (Å²) in [5.41, 5.74) is 6.03. The van der Waals surface area contributed by atoms with Crippen molar-refractivity contribution in [2.24, 2.45) is 0 Å². The Morgan fingerprint density at radius 3 is 2.72 bits per heavy atom. The van der Waals surface area contributed by atoms with E-state index < -0.39 is 10.0 Å². The van der Waals surface area contributed by atoms with Crippen LogP contribution in [0.1, 0.15) is 5.82 Å². The summed E-state index contributed by atoms with van der Waals surface area (Å²) >= 11 is 3.16. The van der Waals surface area contributed by atoms with Crippen LogP contribution < -0.4 is 10.5 Å². The highest BCUT2D eigenvalue weighted by Gasteiger charge is 2.18. The molecule has 2 aromatic rings. The van der Waals surface area contributed by atoms with Crippen molar-refractivity contribution in [1.29, 1.82) is 0 Å². The highest BCUT2D eigenvalue weighted by molar-refractivity contribution is 9.10. The maximum Gasteiger partial charge on any atom is 0.335 e. The molecule has 7 nitrogen and oxygen atoms in total. The second-order valence-corrected chi connectivity index (χ2v) is 5.97. The third-order valence-electron chi connectivity index (χ3n) is 2.03. The van der Waals surface area contributed by atoms with Crippen LogP contribution in [0.4, 0.5) is 11.7 Å². The molecule has 0 saturated carbocycles. The molecule has 1 aromatic heterocycles. The van der Waals surface area contributed by atoms with Gasteiger partial charge >= 0.3 is 6.01 Å². The standard InChI is InChI=1S/C9H9BrN4O3S/c1-5-12-9(17-13-5)14-18(15,16)6-2-3-8(11)7(10)4-6/h2-4H,11H2,1H3,(H,12,13,14). The van der Waals surface area contributed by atoms with Crippen LogP contribution in [0.2, 0.25) is 0 Å². The van der Waals surface area contributed by atoms with E-state index in [0.29, 0.717) is 16.0 Å². The molecule has 9 heteroatoms. The van der Waals surface area contributed by atoms with Gasteiger partial charge in [0.05, 0.1) is 4.90 Å². The Balaban J connectivity index is 2.33. The lowest BCUT2D eigenvalue weighted by Crippen LogP contribution is -2.13. The van der Waals surface area contributed by atoms with E-state index in [1.54, 1.807) is 6.92 Å².